The van der Waals surface area contributed by atoms with E-state index in [1.54, 1.807) is 12.1 Å². The fourth-order valence-electron chi connectivity index (χ4n) is 6.33. The normalized spacial score (nSPS) is 20.9. The summed E-state index contributed by atoms with van der Waals surface area (Å²) in [6.07, 6.45) is -1.29. The lowest BCUT2D eigenvalue weighted by atomic mass is 10.00. The van der Waals surface area contributed by atoms with Gasteiger partial charge in [-0.25, -0.2) is 13.6 Å². The molecule has 3 aromatic carbocycles. The molecule has 5 atom stereocenters. The number of hydrogen-bond acceptors (Lipinski definition) is 9. The van der Waals surface area contributed by atoms with Crippen molar-refractivity contribution in [2.45, 2.75) is 64.4 Å². The third-order valence-corrected chi connectivity index (χ3v) is 8.69. The highest BCUT2D eigenvalue weighted by Gasteiger charge is 2.44. The summed E-state index contributed by atoms with van der Waals surface area (Å²) in [6, 6.07) is 16.0. The van der Waals surface area contributed by atoms with Crippen LogP contribution in [-0.4, -0.2) is 73.7 Å². The summed E-state index contributed by atoms with van der Waals surface area (Å²) in [6.45, 7) is 6.89. The van der Waals surface area contributed by atoms with E-state index >= 15 is 0 Å². The van der Waals surface area contributed by atoms with E-state index in [4.69, 9.17) is 28.4 Å². The van der Waals surface area contributed by atoms with Crippen LogP contribution in [0, 0.1) is 23.5 Å². The molecule has 0 saturated carbocycles. The molecule has 3 aromatic rings. The maximum atomic E-state index is 13.6. The molecule has 2 N–H and O–H groups in total. The molecule has 0 unspecified atom stereocenters. The van der Waals surface area contributed by atoms with Crippen LogP contribution in [0.5, 0.6) is 17.2 Å². The first-order valence-electron chi connectivity index (χ1n) is 16.3. The lowest BCUT2D eigenvalue weighted by Gasteiger charge is -2.31. The third-order valence-electron chi connectivity index (χ3n) is 8.69. The molecule has 2 fully saturated rings. The van der Waals surface area contributed by atoms with Gasteiger partial charge in [-0.1, -0.05) is 38.1 Å². The zero-order chi connectivity index (χ0) is 33.6. The summed E-state index contributed by atoms with van der Waals surface area (Å²) in [7, 11) is 0. The predicted molar refractivity (Wildman–Crippen MR) is 171 cm³/mol. The Morgan fingerprint density at radius 3 is 2.52 bits per heavy atom. The Hall–Kier alpha value is -3.97. The van der Waals surface area contributed by atoms with Crippen LogP contribution in [0.3, 0.4) is 0 Å². The number of hydrogen-bond donors (Lipinski definition) is 2. The van der Waals surface area contributed by atoms with Crippen LogP contribution in [0.25, 0.3) is 0 Å². The number of carbonyl (C=O) groups excluding carboxylic acids is 1. The standard InChI is InChI=1S/C36H42F2N2O8/c1-22(2)16-40(17-24-6-10-32-33(15-24)47-21-46-32)18-31(41)30(39-36(42)48-34-20-45-35-27(34)11-12-43-35)14-23-3-7-26(8-4-23)44-19-25-5-9-28(37)29(38)13-25/h3-10,13,15,22,27,30-31,34-35,41H,11-12,14,16-21H2,1-2H3,(H,39,42)/t27-,30-,31+,34-,35+/m0/s1. The zero-order valence-electron chi connectivity index (χ0n) is 27.1. The number of nitrogens with one attached hydrogen (secondary N) is 1. The summed E-state index contributed by atoms with van der Waals surface area (Å²) in [5.41, 5.74) is 2.36. The molecule has 3 aliphatic heterocycles. The van der Waals surface area contributed by atoms with Crippen molar-refractivity contribution in [2.75, 3.05) is 33.1 Å². The van der Waals surface area contributed by atoms with Crippen LogP contribution >= 0.6 is 0 Å². The molecule has 1 amide bonds. The van der Waals surface area contributed by atoms with Gasteiger partial charge in [-0.2, -0.15) is 0 Å². The van der Waals surface area contributed by atoms with Crippen molar-refractivity contribution < 1.29 is 47.1 Å². The van der Waals surface area contributed by atoms with Gasteiger partial charge in [-0.3, -0.25) is 4.90 Å². The van der Waals surface area contributed by atoms with E-state index in [2.05, 4.69) is 24.1 Å². The number of nitrogens with zero attached hydrogens (tertiary/aromatic N) is 1. The number of carbonyl (C=O) groups is 1. The second-order valence-electron chi connectivity index (χ2n) is 12.9. The van der Waals surface area contributed by atoms with Crippen molar-refractivity contribution in [2.24, 2.45) is 11.8 Å². The van der Waals surface area contributed by atoms with E-state index in [-0.39, 0.29) is 38.8 Å². The molecular weight excluding hydrogens is 626 g/mol. The molecule has 3 aliphatic rings. The number of halogens is 2. The van der Waals surface area contributed by atoms with Crippen molar-refractivity contribution >= 4 is 6.09 Å². The quantitative estimate of drug-likeness (QED) is 0.240. The van der Waals surface area contributed by atoms with Gasteiger partial charge >= 0.3 is 6.09 Å². The van der Waals surface area contributed by atoms with Crippen LogP contribution < -0.4 is 19.5 Å². The number of aliphatic hydroxyl groups is 1. The minimum atomic E-state index is -0.947. The first-order valence-corrected chi connectivity index (χ1v) is 16.3. The average Bonchev–Trinajstić information content (AvgIpc) is 3.80. The highest BCUT2D eigenvalue weighted by Crippen LogP contribution is 2.34. The number of amides is 1. The van der Waals surface area contributed by atoms with Crippen LogP contribution in [0.15, 0.2) is 60.7 Å². The Balaban J connectivity index is 1.13. The van der Waals surface area contributed by atoms with E-state index < -0.39 is 36.0 Å². The summed E-state index contributed by atoms with van der Waals surface area (Å²) in [4.78, 5) is 15.4. The van der Waals surface area contributed by atoms with Gasteiger partial charge in [-0.15, -0.1) is 0 Å². The molecule has 3 heterocycles. The minimum absolute atomic E-state index is 0.0127. The average molecular weight is 669 g/mol. The molecule has 0 aliphatic carbocycles. The third kappa shape index (κ3) is 8.73. The van der Waals surface area contributed by atoms with E-state index in [1.165, 1.54) is 6.07 Å². The molecule has 48 heavy (non-hydrogen) atoms. The summed E-state index contributed by atoms with van der Waals surface area (Å²) in [5.74, 6) is 0.414. The second kappa shape index (κ2) is 15.5. The van der Waals surface area contributed by atoms with Crippen LogP contribution in [-0.2, 0) is 33.8 Å². The first kappa shape index (κ1) is 33.9. The molecule has 12 heteroatoms. The van der Waals surface area contributed by atoms with Crippen molar-refractivity contribution in [3.8, 4) is 17.2 Å². The summed E-state index contributed by atoms with van der Waals surface area (Å²) >= 11 is 0. The Morgan fingerprint density at radius 1 is 0.958 bits per heavy atom. The van der Waals surface area contributed by atoms with Crippen LogP contribution in [0.2, 0.25) is 0 Å². The number of aliphatic hydroxyl groups excluding tert-OH is 1. The van der Waals surface area contributed by atoms with Crippen molar-refractivity contribution in [3.05, 3.63) is 89.0 Å². The Kier molecular flexibility index (Phi) is 11.0. The van der Waals surface area contributed by atoms with Crippen molar-refractivity contribution in [3.63, 3.8) is 0 Å². The van der Waals surface area contributed by atoms with E-state index in [1.807, 2.05) is 30.3 Å². The van der Waals surface area contributed by atoms with E-state index in [9.17, 15) is 18.7 Å². The molecule has 6 rings (SSSR count). The van der Waals surface area contributed by atoms with Gasteiger partial charge in [-0.05, 0) is 71.8 Å². The number of benzene rings is 3. The number of fused-ring (bicyclic) bond motifs is 2. The molecule has 258 valence electrons. The lowest BCUT2D eigenvalue weighted by molar-refractivity contribution is -0.0907. The van der Waals surface area contributed by atoms with Crippen LogP contribution in [0.4, 0.5) is 13.6 Å². The Bertz CT molecular complexity index is 1540. The zero-order valence-corrected chi connectivity index (χ0v) is 27.1. The smallest absolute Gasteiger partial charge is 0.407 e. The van der Waals surface area contributed by atoms with Gasteiger partial charge in [0.15, 0.2) is 29.4 Å². The summed E-state index contributed by atoms with van der Waals surface area (Å²) < 4.78 is 60.6. The molecular formula is C36H42F2N2O8. The second-order valence-corrected chi connectivity index (χ2v) is 12.9. The van der Waals surface area contributed by atoms with Gasteiger partial charge in [0.2, 0.25) is 6.79 Å². The fraction of sp³-hybridized carbons (Fsp3) is 0.472. The number of ether oxygens (including phenoxy) is 6. The van der Waals surface area contributed by atoms with Crippen LogP contribution in [0.1, 0.15) is 37.0 Å². The maximum absolute atomic E-state index is 13.6. The monoisotopic (exact) mass is 668 g/mol. The predicted octanol–water partition coefficient (Wildman–Crippen LogP) is 5.19. The topological polar surface area (TPSA) is 108 Å². The molecule has 10 nitrogen and oxygen atoms in total. The van der Waals surface area contributed by atoms with Gasteiger partial charge < -0.3 is 38.8 Å². The maximum Gasteiger partial charge on any atom is 0.407 e. The van der Waals surface area contributed by atoms with Gasteiger partial charge in [0.25, 0.3) is 0 Å². The Morgan fingerprint density at radius 2 is 1.73 bits per heavy atom. The largest absolute Gasteiger partial charge is 0.489 e. The first-order chi connectivity index (χ1) is 23.2. The van der Waals surface area contributed by atoms with Crippen molar-refractivity contribution in [1.29, 1.82) is 0 Å². The van der Waals surface area contributed by atoms with E-state index in [0.717, 1.165) is 36.2 Å². The van der Waals surface area contributed by atoms with Gasteiger partial charge in [0, 0.05) is 19.6 Å². The molecule has 0 bridgehead atoms. The lowest BCUT2D eigenvalue weighted by Crippen LogP contribution is -2.50. The van der Waals surface area contributed by atoms with E-state index in [0.29, 0.717) is 48.3 Å². The number of rotatable bonds is 14. The number of alkyl carbamates (subject to hydrolysis) is 1. The van der Waals surface area contributed by atoms with Crippen molar-refractivity contribution in [1.82, 2.24) is 10.2 Å². The molecule has 2 saturated heterocycles. The van der Waals surface area contributed by atoms with Gasteiger partial charge in [0.1, 0.15) is 18.5 Å². The fourth-order valence-corrected chi connectivity index (χ4v) is 6.33. The molecule has 0 radical (unpaired) electrons. The molecule has 0 spiro atoms. The highest BCUT2D eigenvalue weighted by molar-refractivity contribution is 5.68. The van der Waals surface area contributed by atoms with Gasteiger partial charge in [0.05, 0.1) is 31.3 Å². The summed E-state index contributed by atoms with van der Waals surface area (Å²) in [5, 5.41) is 14.6. The molecule has 0 aromatic heterocycles. The SMILES string of the molecule is CC(C)CN(Cc1ccc2c(c1)OCO2)C[C@@H](O)[C@H](Cc1ccc(OCc2ccc(F)c(F)c2)cc1)NC(=O)O[C@H]1CO[C@H]2OCC[C@H]21. The minimum Gasteiger partial charge on any atom is -0.489 e. The Labute approximate surface area is 278 Å². The highest BCUT2D eigenvalue weighted by atomic mass is 19.2.